The van der Waals surface area contributed by atoms with Crippen LogP contribution in [-0.4, -0.2) is 41.7 Å². The lowest BCUT2D eigenvalue weighted by molar-refractivity contribution is -0.121. The first-order chi connectivity index (χ1) is 10.0. The van der Waals surface area contributed by atoms with Gasteiger partial charge in [-0.2, -0.15) is 0 Å². The lowest BCUT2D eigenvalue weighted by Gasteiger charge is -2.30. The predicted octanol–water partition coefficient (Wildman–Crippen LogP) is 2.09. The largest absolute Gasteiger partial charge is 0.351 e. The molecule has 2 rings (SSSR count). The van der Waals surface area contributed by atoms with Gasteiger partial charge < -0.3 is 5.73 Å². The average Bonchev–Trinajstić information content (AvgIpc) is 2.42. The number of piperidine rings is 1. The molecule has 0 saturated carbocycles. The first-order valence-corrected chi connectivity index (χ1v) is 8.02. The normalized spacial score (nSPS) is 16.6. The number of hydrogen-bond donors (Lipinski definition) is 2. The predicted molar refractivity (Wildman–Crippen MR) is 84.5 cm³/mol. The molecule has 1 fully saturated rings. The highest BCUT2D eigenvalue weighted by Crippen LogP contribution is 2.30. The summed E-state index contributed by atoms with van der Waals surface area (Å²) >= 11 is 7.72. The minimum atomic E-state index is -0.798. The maximum absolute atomic E-state index is 11.5. The summed E-state index contributed by atoms with van der Waals surface area (Å²) in [4.78, 5) is 25.3. The molecule has 1 saturated heterocycles. The molecule has 7 heteroatoms. The molecule has 3 amide bonds. The molecule has 1 aliphatic heterocycles. The van der Waals surface area contributed by atoms with E-state index in [4.69, 9.17) is 17.3 Å². The fourth-order valence-corrected chi connectivity index (χ4v) is 3.52. The van der Waals surface area contributed by atoms with Crippen LogP contribution in [0.15, 0.2) is 29.2 Å². The molecule has 5 nitrogen and oxygen atoms in total. The van der Waals surface area contributed by atoms with Crippen molar-refractivity contribution in [2.75, 3.05) is 19.6 Å². The monoisotopic (exact) mass is 327 g/mol. The van der Waals surface area contributed by atoms with Crippen LogP contribution in [-0.2, 0) is 4.79 Å². The fourth-order valence-electron chi connectivity index (χ4n) is 2.27. The Labute approximate surface area is 133 Å². The number of rotatable bonds is 4. The van der Waals surface area contributed by atoms with Gasteiger partial charge in [-0.05, 0) is 50.2 Å². The van der Waals surface area contributed by atoms with Crippen molar-refractivity contribution in [3.63, 3.8) is 0 Å². The summed E-state index contributed by atoms with van der Waals surface area (Å²) in [6, 6.07) is 7.05. The number of benzene rings is 1. The molecule has 1 heterocycles. The van der Waals surface area contributed by atoms with Crippen LogP contribution in [0.5, 0.6) is 0 Å². The third-order valence-electron chi connectivity index (χ3n) is 3.28. The van der Waals surface area contributed by atoms with Crippen molar-refractivity contribution in [1.29, 1.82) is 0 Å². The summed E-state index contributed by atoms with van der Waals surface area (Å²) in [6.45, 7) is 1.91. The molecule has 3 N–H and O–H groups in total. The molecule has 0 spiro atoms. The molecule has 1 aliphatic rings. The molecular formula is C14H18ClN3O2S. The van der Waals surface area contributed by atoms with E-state index < -0.39 is 6.03 Å². The average molecular weight is 328 g/mol. The van der Waals surface area contributed by atoms with Gasteiger partial charge in [-0.1, -0.05) is 11.6 Å². The van der Waals surface area contributed by atoms with Crippen LogP contribution in [0, 0.1) is 0 Å². The topological polar surface area (TPSA) is 75.4 Å². The van der Waals surface area contributed by atoms with Gasteiger partial charge in [0.25, 0.3) is 0 Å². The Morgan fingerprint density at radius 3 is 2.48 bits per heavy atom. The number of nitrogens with one attached hydrogen (secondary N) is 1. The van der Waals surface area contributed by atoms with Crippen molar-refractivity contribution in [1.82, 2.24) is 10.2 Å². The van der Waals surface area contributed by atoms with Gasteiger partial charge in [-0.25, -0.2) is 4.79 Å². The zero-order valence-electron chi connectivity index (χ0n) is 11.5. The Balaban J connectivity index is 1.74. The number of nitrogens with zero attached hydrogens (tertiary/aromatic N) is 1. The first-order valence-electron chi connectivity index (χ1n) is 6.77. The van der Waals surface area contributed by atoms with Crippen LogP contribution >= 0.6 is 23.4 Å². The Bertz CT molecular complexity index is 501. The van der Waals surface area contributed by atoms with Crippen molar-refractivity contribution < 1.29 is 9.59 Å². The summed E-state index contributed by atoms with van der Waals surface area (Å²) in [5, 5.41) is 3.38. The number of amides is 3. The number of thioether (sulfide) groups is 1. The van der Waals surface area contributed by atoms with E-state index in [1.54, 1.807) is 0 Å². The van der Waals surface area contributed by atoms with E-state index in [1.165, 1.54) is 4.90 Å². The van der Waals surface area contributed by atoms with E-state index in [-0.39, 0.29) is 12.5 Å². The second kappa shape index (κ2) is 7.68. The van der Waals surface area contributed by atoms with E-state index >= 15 is 0 Å². The van der Waals surface area contributed by atoms with Crippen molar-refractivity contribution in [2.45, 2.75) is 23.0 Å². The number of halogens is 1. The smallest absolute Gasteiger partial charge is 0.318 e. The van der Waals surface area contributed by atoms with Gasteiger partial charge in [-0.15, -0.1) is 11.8 Å². The van der Waals surface area contributed by atoms with Gasteiger partial charge in [0.2, 0.25) is 5.91 Å². The maximum Gasteiger partial charge on any atom is 0.318 e. The number of hydrogen-bond acceptors (Lipinski definition) is 4. The number of imide groups is 1. The SMILES string of the molecule is NC(=O)NC(=O)CN1CCC(Sc2ccc(Cl)cc2)CC1. The van der Waals surface area contributed by atoms with Crippen LogP contribution in [0.3, 0.4) is 0 Å². The summed E-state index contributed by atoms with van der Waals surface area (Å²) < 4.78 is 0. The van der Waals surface area contributed by atoms with Crippen molar-refractivity contribution in [3.8, 4) is 0 Å². The number of likely N-dealkylation sites (tertiary alicyclic amines) is 1. The van der Waals surface area contributed by atoms with Crippen LogP contribution in [0.4, 0.5) is 4.79 Å². The van der Waals surface area contributed by atoms with E-state index in [9.17, 15) is 9.59 Å². The summed E-state index contributed by atoms with van der Waals surface area (Å²) in [5.74, 6) is -0.341. The lowest BCUT2D eigenvalue weighted by atomic mass is 10.1. The summed E-state index contributed by atoms with van der Waals surface area (Å²) in [6.07, 6.45) is 2.02. The van der Waals surface area contributed by atoms with Gasteiger partial charge in [0.1, 0.15) is 0 Å². The zero-order chi connectivity index (χ0) is 15.2. The van der Waals surface area contributed by atoms with E-state index in [0.29, 0.717) is 5.25 Å². The number of carbonyl (C=O) groups is 2. The summed E-state index contributed by atoms with van der Waals surface area (Å²) in [7, 11) is 0. The third kappa shape index (κ3) is 5.57. The van der Waals surface area contributed by atoms with Crippen molar-refractivity contribution in [3.05, 3.63) is 29.3 Å². The van der Waals surface area contributed by atoms with Crippen LogP contribution in [0.25, 0.3) is 0 Å². The molecule has 21 heavy (non-hydrogen) atoms. The molecule has 0 aromatic heterocycles. The quantitative estimate of drug-likeness (QED) is 0.888. The van der Waals surface area contributed by atoms with Crippen LogP contribution in [0.1, 0.15) is 12.8 Å². The van der Waals surface area contributed by atoms with Crippen LogP contribution in [0.2, 0.25) is 5.02 Å². The fraction of sp³-hybridized carbons (Fsp3) is 0.429. The molecule has 0 unspecified atom stereocenters. The molecule has 0 aliphatic carbocycles. The Hall–Kier alpha value is -1.24. The zero-order valence-corrected chi connectivity index (χ0v) is 13.1. The van der Waals surface area contributed by atoms with Gasteiger partial charge >= 0.3 is 6.03 Å². The highest BCUT2D eigenvalue weighted by molar-refractivity contribution is 8.00. The molecule has 0 radical (unpaired) electrons. The van der Waals surface area contributed by atoms with E-state index in [2.05, 4.69) is 5.32 Å². The molecule has 114 valence electrons. The molecule has 0 atom stereocenters. The minimum Gasteiger partial charge on any atom is -0.351 e. The Morgan fingerprint density at radius 2 is 1.90 bits per heavy atom. The Morgan fingerprint density at radius 1 is 1.29 bits per heavy atom. The van der Waals surface area contributed by atoms with Crippen molar-refractivity contribution >= 4 is 35.3 Å². The maximum atomic E-state index is 11.5. The Kier molecular flexibility index (Phi) is 5.90. The van der Waals surface area contributed by atoms with E-state index in [1.807, 2.05) is 40.9 Å². The second-order valence-corrected chi connectivity index (χ2v) is 6.77. The highest BCUT2D eigenvalue weighted by atomic mass is 35.5. The number of primary amides is 1. The third-order valence-corrected chi connectivity index (χ3v) is 4.88. The van der Waals surface area contributed by atoms with Crippen LogP contribution < -0.4 is 11.1 Å². The number of nitrogens with two attached hydrogens (primary N) is 1. The standard InChI is InChI=1S/C14H18ClN3O2S/c15-10-1-3-11(4-2-10)21-12-5-7-18(8-6-12)9-13(19)17-14(16)20/h1-4,12H,5-9H2,(H3,16,17,19,20). The van der Waals surface area contributed by atoms with Gasteiger partial charge in [-0.3, -0.25) is 15.0 Å². The second-order valence-electron chi connectivity index (χ2n) is 4.96. The van der Waals surface area contributed by atoms with E-state index in [0.717, 1.165) is 31.0 Å². The lowest BCUT2D eigenvalue weighted by Crippen LogP contribution is -2.45. The summed E-state index contributed by atoms with van der Waals surface area (Å²) in [5.41, 5.74) is 4.91. The van der Waals surface area contributed by atoms with Gasteiger partial charge in [0, 0.05) is 15.2 Å². The minimum absolute atomic E-state index is 0.223. The molecule has 1 aromatic rings. The number of urea groups is 1. The molecule has 1 aromatic carbocycles. The highest BCUT2D eigenvalue weighted by Gasteiger charge is 2.21. The molecular weight excluding hydrogens is 310 g/mol. The van der Waals surface area contributed by atoms with Gasteiger partial charge in [0.15, 0.2) is 0 Å². The van der Waals surface area contributed by atoms with Crippen molar-refractivity contribution in [2.24, 2.45) is 5.73 Å². The first kappa shape index (κ1) is 16.1. The number of carbonyl (C=O) groups excluding carboxylic acids is 2. The molecule has 0 bridgehead atoms. The van der Waals surface area contributed by atoms with Gasteiger partial charge in [0.05, 0.1) is 6.54 Å².